The summed E-state index contributed by atoms with van der Waals surface area (Å²) in [5.74, 6) is 0.928. The monoisotopic (exact) mass is 379 g/mol. The largest absolute Gasteiger partial charge is 0.355 e. The Bertz CT molecular complexity index is 880. The van der Waals surface area contributed by atoms with Gasteiger partial charge in [-0.15, -0.1) is 16.8 Å². The summed E-state index contributed by atoms with van der Waals surface area (Å²) in [4.78, 5) is 16.5. The molecule has 27 heavy (non-hydrogen) atoms. The third-order valence-electron chi connectivity index (χ3n) is 3.83. The van der Waals surface area contributed by atoms with Crippen molar-refractivity contribution in [3.8, 4) is 11.5 Å². The van der Waals surface area contributed by atoms with Crippen molar-refractivity contribution >= 4 is 17.7 Å². The van der Waals surface area contributed by atoms with Crippen LogP contribution in [-0.2, 0) is 17.8 Å². The van der Waals surface area contributed by atoms with Crippen molar-refractivity contribution in [3.05, 3.63) is 72.9 Å². The molecule has 2 heterocycles. The number of rotatable bonds is 9. The van der Waals surface area contributed by atoms with Crippen LogP contribution in [0.3, 0.4) is 0 Å². The molecule has 0 atom stereocenters. The van der Waals surface area contributed by atoms with E-state index in [1.807, 2.05) is 41.0 Å². The van der Waals surface area contributed by atoms with E-state index in [0.717, 1.165) is 12.1 Å². The average Bonchev–Trinajstić information content (AvgIpc) is 3.11. The average molecular weight is 379 g/mol. The lowest BCUT2D eigenvalue weighted by molar-refractivity contribution is -0.118. The molecule has 0 aliphatic rings. The number of benzene rings is 1. The summed E-state index contributed by atoms with van der Waals surface area (Å²) in [6.45, 7) is 4.96. The van der Waals surface area contributed by atoms with Crippen LogP contribution >= 0.6 is 11.8 Å². The predicted molar refractivity (Wildman–Crippen MR) is 107 cm³/mol. The number of pyridine rings is 1. The minimum atomic E-state index is -0.0246. The van der Waals surface area contributed by atoms with Gasteiger partial charge in [-0.1, -0.05) is 54.2 Å². The van der Waals surface area contributed by atoms with Gasteiger partial charge in [0.05, 0.1) is 5.75 Å². The van der Waals surface area contributed by atoms with Crippen LogP contribution in [0.4, 0.5) is 0 Å². The fraction of sp³-hybridized carbons (Fsp3) is 0.200. The Balaban J connectivity index is 1.56. The van der Waals surface area contributed by atoms with Crippen LogP contribution in [0.25, 0.3) is 11.5 Å². The first-order valence-corrected chi connectivity index (χ1v) is 9.65. The highest BCUT2D eigenvalue weighted by Gasteiger charge is 2.15. The first-order chi connectivity index (χ1) is 13.3. The van der Waals surface area contributed by atoms with E-state index in [1.54, 1.807) is 12.3 Å². The number of thioether (sulfide) groups is 1. The molecule has 1 aromatic carbocycles. The first-order valence-electron chi connectivity index (χ1n) is 8.67. The second kappa shape index (κ2) is 9.68. The maximum absolute atomic E-state index is 12.1. The molecule has 0 bridgehead atoms. The molecular formula is C20H21N5OS. The zero-order valence-electron chi connectivity index (χ0n) is 14.9. The fourth-order valence-electron chi connectivity index (χ4n) is 2.55. The summed E-state index contributed by atoms with van der Waals surface area (Å²) in [6, 6.07) is 15.7. The van der Waals surface area contributed by atoms with Crippen LogP contribution in [0, 0.1) is 0 Å². The van der Waals surface area contributed by atoms with Gasteiger partial charge in [0.15, 0.2) is 11.0 Å². The highest BCUT2D eigenvalue weighted by molar-refractivity contribution is 7.99. The molecule has 6 nitrogen and oxygen atoms in total. The van der Waals surface area contributed by atoms with Gasteiger partial charge in [-0.05, 0) is 24.1 Å². The second-order valence-electron chi connectivity index (χ2n) is 5.79. The van der Waals surface area contributed by atoms with E-state index in [9.17, 15) is 4.79 Å². The topological polar surface area (TPSA) is 72.7 Å². The Morgan fingerprint density at radius 2 is 1.96 bits per heavy atom. The lowest BCUT2D eigenvalue weighted by Gasteiger charge is -2.08. The number of nitrogens with one attached hydrogen (secondary N) is 1. The molecule has 0 fully saturated rings. The SMILES string of the molecule is C=CCn1c(SCC(=O)NCCc2ccccc2)nnc1-c1ccccn1. The molecule has 0 aliphatic heterocycles. The van der Waals surface area contributed by atoms with Gasteiger partial charge in [-0.2, -0.15) is 0 Å². The third kappa shape index (κ3) is 5.27. The molecule has 0 radical (unpaired) electrons. The molecule has 0 spiro atoms. The van der Waals surface area contributed by atoms with Crippen LogP contribution in [0.15, 0.2) is 72.5 Å². The fourth-order valence-corrected chi connectivity index (χ4v) is 3.32. The van der Waals surface area contributed by atoms with Crippen LogP contribution < -0.4 is 5.32 Å². The zero-order valence-corrected chi connectivity index (χ0v) is 15.7. The maximum atomic E-state index is 12.1. The van der Waals surface area contributed by atoms with Gasteiger partial charge in [-0.25, -0.2) is 0 Å². The van der Waals surface area contributed by atoms with Crippen LogP contribution in [0.5, 0.6) is 0 Å². The normalized spacial score (nSPS) is 10.5. The summed E-state index contributed by atoms with van der Waals surface area (Å²) in [5, 5.41) is 12.1. The van der Waals surface area contributed by atoms with E-state index < -0.39 is 0 Å². The lowest BCUT2D eigenvalue weighted by Crippen LogP contribution is -2.27. The number of allylic oxidation sites excluding steroid dienone is 1. The molecule has 0 saturated heterocycles. The smallest absolute Gasteiger partial charge is 0.230 e. The second-order valence-corrected chi connectivity index (χ2v) is 6.74. The number of carbonyl (C=O) groups excluding carboxylic acids is 1. The summed E-state index contributed by atoms with van der Waals surface area (Å²) < 4.78 is 1.91. The summed E-state index contributed by atoms with van der Waals surface area (Å²) in [5.41, 5.74) is 1.95. The van der Waals surface area contributed by atoms with Crippen molar-refractivity contribution in [1.82, 2.24) is 25.1 Å². The van der Waals surface area contributed by atoms with Gasteiger partial charge in [0, 0.05) is 19.3 Å². The zero-order chi connectivity index (χ0) is 18.9. The van der Waals surface area contributed by atoms with E-state index in [-0.39, 0.29) is 11.7 Å². The predicted octanol–water partition coefficient (Wildman–Crippen LogP) is 2.98. The van der Waals surface area contributed by atoms with Crippen LogP contribution in [0.1, 0.15) is 5.56 Å². The van der Waals surface area contributed by atoms with Crippen molar-refractivity contribution in [2.75, 3.05) is 12.3 Å². The Morgan fingerprint density at radius 3 is 2.70 bits per heavy atom. The first kappa shape index (κ1) is 18.8. The number of hydrogen-bond acceptors (Lipinski definition) is 5. The summed E-state index contributed by atoms with van der Waals surface area (Å²) >= 11 is 1.36. The van der Waals surface area contributed by atoms with Gasteiger partial charge in [0.25, 0.3) is 0 Å². The Kier molecular flexibility index (Phi) is 6.76. The highest BCUT2D eigenvalue weighted by Crippen LogP contribution is 2.22. The van der Waals surface area contributed by atoms with Crippen LogP contribution in [-0.4, -0.2) is 38.0 Å². The van der Waals surface area contributed by atoms with E-state index in [4.69, 9.17) is 0 Å². The minimum absolute atomic E-state index is 0.0246. The van der Waals surface area contributed by atoms with Crippen molar-refractivity contribution in [1.29, 1.82) is 0 Å². The molecule has 1 N–H and O–H groups in total. The molecule has 0 aliphatic carbocycles. The van der Waals surface area contributed by atoms with E-state index >= 15 is 0 Å². The molecule has 1 amide bonds. The molecule has 0 unspecified atom stereocenters. The molecule has 2 aromatic heterocycles. The number of nitrogens with zero attached hydrogens (tertiary/aromatic N) is 4. The van der Waals surface area contributed by atoms with Gasteiger partial charge in [-0.3, -0.25) is 14.3 Å². The number of aromatic nitrogens is 4. The molecule has 7 heteroatoms. The number of amides is 1. The van der Waals surface area contributed by atoms with Gasteiger partial charge >= 0.3 is 0 Å². The van der Waals surface area contributed by atoms with Gasteiger partial charge in [0.2, 0.25) is 5.91 Å². The van der Waals surface area contributed by atoms with Crippen molar-refractivity contribution < 1.29 is 4.79 Å². The molecule has 3 aromatic rings. The van der Waals surface area contributed by atoms with Crippen molar-refractivity contribution in [3.63, 3.8) is 0 Å². The van der Waals surface area contributed by atoms with Crippen molar-refractivity contribution in [2.24, 2.45) is 0 Å². The summed E-state index contributed by atoms with van der Waals surface area (Å²) in [7, 11) is 0. The quantitative estimate of drug-likeness (QED) is 0.457. The lowest BCUT2D eigenvalue weighted by atomic mass is 10.1. The van der Waals surface area contributed by atoms with Gasteiger partial charge < -0.3 is 5.32 Å². The van der Waals surface area contributed by atoms with E-state index in [2.05, 4.69) is 39.2 Å². The van der Waals surface area contributed by atoms with Crippen molar-refractivity contribution in [2.45, 2.75) is 18.1 Å². The van der Waals surface area contributed by atoms with Gasteiger partial charge in [0.1, 0.15) is 5.69 Å². The minimum Gasteiger partial charge on any atom is -0.355 e. The van der Waals surface area contributed by atoms with E-state index in [0.29, 0.717) is 24.1 Å². The Morgan fingerprint density at radius 1 is 1.15 bits per heavy atom. The molecule has 3 rings (SSSR count). The Labute approximate surface area is 162 Å². The van der Waals surface area contributed by atoms with Crippen LogP contribution in [0.2, 0.25) is 0 Å². The third-order valence-corrected chi connectivity index (χ3v) is 4.80. The highest BCUT2D eigenvalue weighted by atomic mass is 32.2. The number of hydrogen-bond donors (Lipinski definition) is 1. The Hall–Kier alpha value is -2.93. The standard InChI is InChI=1S/C20H21N5OS/c1-2-14-25-19(17-10-6-7-12-21-17)23-24-20(25)27-15-18(26)22-13-11-16-8-4-3-5-9-16/h2-10,12H,1,11,13-15H2,(H,22,26). The molecule has 0 saturated carbocycles. The maximum Gasteiger partial charge on any atom is 0.230 e. The molecular weight excluding hydrogens is 358 g/mol. The van der Waals surface area contributed by atoms with E-state index in [1.165, 1.54) is 17.3 Å². The summed E-state index contributed by atoms with van der Waals surface area (Å²) in [6.07, 6.45) is 4.31. The number of carbonyl (C=O) groups is 1. The molecule has 138 valence electrons.